The van der Waals surface area contributed by atoms with Crippen LogP contribution in [-0.2, 0) is 11.3 Å². The highest BCUT2D eigenvalue weighted by molar-refractivity contribution is 7.13. The normalized spacial score (nSPS) is 12.7. The number of guanidine groups is 1. The van der Waals surface area contributed by atoms with Crippen molar-refractivity contribution in [2.24, 2.45) is 4.99 Å². The molecule has 0 aliphatic rings. The minimum absolute atomic E-state index is 0.0960. The van der Waals surface area contributed by atoms with Gasteiger partial charge in [0.2, 0.25) is 0 Å². The molecule has 8 heteroatoms. The first-order valence-electron chi connectivity index (χ1n) is 8.26. The first-order valence-corrected chi connectivity index (χ1v) is 9.08. The lowest BCUT2D eigenvalue weighted by atomic mass is 10.3. The summed E-state index contributed by atoms with van der Waals surface area (Å²) in [7, 11) is 0. The molecule has 2 rings (SSSR count). The molecule has 0 saturated heterocycles. The Labute approximate surface area is 151 Å². The van der Waals surface area contributed by atoms with E-state index in [2.05, 4.69) is 20.6 Å². The highest BCUT2D eigenvalue weighted by Gasteiger charge is 2.20. The number of ether oxygens (including phenoxy) is 1. The van der Waals surface area contributed by atoms with Crippen LogP contribution < -0.4 is 10.6 Å². The molecule has 0 aliphatic carbocycles. The Hall–Kier alpha value is -2.35. The minimum atomic E-state index is -0.325. The second-order valence-electron chi connectivity index (χ2n) is 5.33. The van der Waals surface area contributed by atoms with Gasteiger partial charge in [0.25, 0.3) is 0 Å². The van der Waals surface area contributed by atoms with Gasteiger partial charge in [-0.25, -0.2) is 14.8 Å². The van der Waals surface area contributed by atoms with Gasteiger partial charge < -0.3 is 19.8 Å². The number of aryl methyl sites for hydroxylation is 1. The summed E-state index contributed by atoms with van der Waals surface area (Å²) in [6, 6.07) is 3.62. The molecule has 7 nitrogen and oxygen atoms in total. The number of hydrogen-bond acceptors (Lipinski definition) is 6. The third kappa shape index (κ3) is 5.32. The summed E-state index contributed by atoms with van der Waals surface area (Å²) in [5.41, 5.74) is 0.685. The van der Waals surface area contributed by atoms with Crippen LogP contribution in [0.4, 0.5) is 0 Å². The molecule has 1 unspecified atom stereocenters. The maximum atomic E-state index is 11.9. The Morgan fingerprint density at radius 2 is 2.28 bits per heavy atom. The largest absolute Gasteiger partial charge is 0.467 e. The first kappa shape index (κ1) is 19.0. The number of aromatic nitrogens is 1. The number of thiazole rings is 1. The van der Waals surface area contributed by atoms with Gasteiger partial charge in [0.1, 0.15) is 22.2 Å². The predicted octanol–water partition coefficient (Wildman–Crippen LogP) is 3.04. The summed E-state index contributed by atoms with van der Waals surface area (Å²) in [6.07, 6.45) is 1.63. The first-order chi connectivity index (χ1) is 12.0. The molecule has 0 amide bonds. The molecular weight excluding hydrogens is 340 g/mol. The number of carbonyl (C=O) groups excluding carboxylic acids is 1. The Morgan fingerprint density at radius 3 is 2.92 bits per heavy atom. The fraction of sp³-hybridized carbons (Fsp3) is 0.471. The Balaban J connectivity index is 2.07. The van der Waals surface area contributed by atoms with Crippen LogP contribution in [0.25, 0.3) is 0 Å². The van der Waals surface area contributed by atoms with Gasteiger partial charge in [-0.1, -0.05) is 0 Å². The number of furan rings is 1. The number of aliphatic imine (C=N–C) groups is 1. The van der Waals surface area contributed by atoms with Gasteiger partial charge in [0, 0.05) is 6.54 Å². The van der Waals surface area contributed by atoms with Crippen LogP contribution in [0.15, 0.2) is 27.8 Å². The van der Waals surface area contributed by atoms with Crippen LogP contribution in [0.1, 0.15) is 52.9 Å². The van der Waals surface area contributed by atoms with Crippen LogP contribution in [0.3, 0.4) is 0 Å². The molecule has 0 saturated carbocycles. The molecular formula is C17H24N4O3S. The van der Waals surface area contributed by atoms with E-state index in [1.165, 1.54) is 11.3 Å². The maximum Gasteiger partial charge on any atom is 0.350 e. The molecule has 0 radical (unpaired) electrons. The molecule has 0 bridgehead atoms. The monoisotopic (exact) mass is 364 g/mol. The van der Waals surface area contributed by atoms with Crippen molar-refractivity contribution in [2.75, 3.05) is 13.2 Å². The van der Waals surface area contributed by atoms with E-state index < -0.39 is 0 Å². The van der Waals surface area contributed by atoms with Crippen molar-refractivity contribution in [1.82, 2.24) is 15.6 Å². The van der Waals surface area contributed by atoms with Crippen molar-refractivity contribution in [1.29, 1.82) is 0 Å². The lowest BCUT2D eigenvalue weighted by Gasteiger charge is -2.15. The van der Waals surface area contributed by atoms with Crippen molar-refractivity contribution in [3.8, 4) is 0 Å². The smallest absolute Gasteiger partial charge is 0.350 e. The van der Waals surface area contributed by atoms with E-state index in [4.69, 9.17) is 9.15 Å². The molecule has 2 heterocycles. The van der Waals surface area contributed by atoms with Crippen molar-refractivity contribution < 1.29 is 13.9 Å². The molecule has 136 valence electrons. The number of nitrogens with one attached hydrogen (secondary N) is 2. The molecule has 25 heavy (non-hydrogen) atoms. The lowest BCUT2D eigenvalue weighted by Crippen LogP contribution is -2.38. The van der Waals surface area contributed by atoms with Crippen LogP contribution in [0.2, 0.25) is 0 Å². The van der Waals surface area contributed by atoms with Gasteiger partial charge in [-0.05, 0) is 39.8 Å². The number of hydrogen-bond donors (Lipinski definition) is 2. The molecule has 1 atom stereocenters. The SMILES string of the molecule is CCNC(=NCc1ccco1)NC(C)c1nc(C)c(C(=O)OCC)s1. The zero-order chi connectivity index (χ0) is 18.2. The second kappa shape index (κ2) is 9.22. The Kier molecular flexibility index (Phi) is 7.00. The quantitative estimate of drug-likeness (QED) is 0.446. The zero-order valence-corrected chi connectivity index (χ0v) is 15.8. The van der Waals surface area contributed by atoms with Crippen LogP contribution in [0, 0.1) is 6.92 Å². The lowest BCUT2D eigenvalue weighted by molar-refractivity contribution is 0.0531. The van der Waals surface area contributed by atoms with Crippen molar-refractivity contribution in [3.05, 3.63) is 39.7 Å². The van der Waals surface area contributed by atoms with E-state index in [9.17, 15) is 4.79 Å². The van der Waals surface area contributed by atoms with Crippen LogP contribution in [-0.4, -0.2) is 30.1 Å². The third-order valence-corrected chi connectivity index (χ3v) is 4.64. The number of carbonyl (C=O) groups is 1. The molecule has 2 aromatic rings. The molecule has 2 aromatic heterocycles. The molecule has 0 spiro atoms. The van der Waals surface area contributed by atoms with Gasteiger partial charge in [-0.15, -0.1) is 11.3 Å². The second-order valence-corrected chi connectivity index (χ2v) is 6.36. The van der Waals surface area contributed by atoms with Crippen molar-refractivity contribution in [3.63, 3.8) is 0 Å². The predicted molar refractivity (Wildman–Crippen MR) is 97.9 cm³/mol. The average molecular weight is 364 g/mol. The summed E-state index contributed by atoms with van der Waals surface area (Å²) in [5.74, 6) is 1.13. The van der Waals surface area contributed by atoms with E-state index in [1.807, 2.05) is 32.9 Å². The van der Waals surface area contributed by atoms with Gasteiger partial charge in [-0.2, -0.15) is 0 Å². The van der Waals surface area contributed by atoms with Crippen LogP contribution >= 0.6 is 11.3 Å². The summed E-state index contributed by atoms with van der Waals surface area (Å²) >= 11 is 1.34. The summed E-state index contributed by atoms with van der Waals surface area (Å²) < 4.78 is 10.4. The standard InChI is InChI=1S/C17H24N4O3S/c1-5-18-17(19-10-13-8-7-9-24-13)21-12(4)15-20-11(3)14(25-15)16(22)23-6-2/h7-9,12H,5-6,10H2,1-4H3,(H2,18,19,21). The number of esters is 1. The van der Waals surface area contributed by atoms with Crippen LogP contribution in [0.5, 0.6) is 0 Å². The third-order valence-electron chi connectivity index (χ3n) is 3.31. The molecule has 0 aromatic carbocycles. The fourth-order valence-electron chi connectivity index (χ4n) is 2.13. The van der Waals surface area contributed by atoms with E-state index in [-0.39, 0.29) is 12.0 Å². The summed E-state index contributed by atoms with van der Waals surface area (Å²) in [5, 5.41) is 7.30. The van der Waals surface area contributed by atoms with E-state index in [0.29, 0.717) is 29.7 Å². The Morgan fingerprint density at radius 1 is 1.48 bits per heavy atom. The number of rotatable bonds is 7. The molecule has 0 fully saturated rings. The zero-order valence-electron chi connectivity index (χ0n) is 15.0. The molecule has 0 aliphatic heterocycles. The van der Waals surface area contributed by atoms with E-state index in [1.54, 1.807) is 13.2 Å². The van der Waals surface area contributed by atoms with Crippen molar-refractivity contribution >= 4 is 23.3 Å². The topological polar surface area (TPSA) is 88.8 Å². The van der Waals surface area contributed by atoms with E-state index in [0.717, 1.165) is 17.3 Å². The molecule has 2 N–H and O–H groups in total. The minimum Gasteiger partial charge on any atom is -0.467 e. The van der Waals surface area contributed by atoms with Gasteiger partial charge in [-0.3, -0.25) is 0 Å². The van der Waals surface area contributed by atoms with Gasteiger partial charge >= 0.3 is 5.97 Å². The summed E-state index contributed by atoms with van der Waals surface area (Å²) in [4.78, 5) is 21.5. The van der Waals surface area contributed by atoms with Gasteiger partial charge in [0.05, 0.1) is 24.6 Å². The number of nitrogens with zero attached hydrogens (tertiary/aromatic N) is 2. The Bertz CT molecular complexity index is 710. The summed E-state index contributed by atoms with van der Waals surface area (Å²) in [6.45, 7) is 9.12. The van der Waals surface area contributed by atoms with Gasteiger partial charge in [0.15, 0.2) is 5.96 Å². The maximum absolute atomic E-state index is 11.9. The van der Waals surface area contributed by atoms with Crippen molar-refractivity contribution in [2.45, 2.75) is 40.3 Å². The highest BCUT2D eigenvalue weighted by Crippen LogP contribution is 2.24. The average Bonchev–Trinajstić information content (AvgIpc) is 3.22. The van der Waals surface area contributed by atoms with E-state index >= 15 is 0 Å². The fourth-order valence-corrected chi connectivity index (χ4v) is 3.10. The highest BCUT2D eigenvalue weighted by atomic mass is 32.1.